The minimum atomic E-state index is -4.66. The molecule has 2 atom stereocenters. The number of carbonyl (C=O) groups excluding carboxylic acids is 1. The van der Waals surface area contributed by atoms with E-state index in [4.69, 9.17) is 4.98 Å². The van der Waals surface area contributed by atoms with E-state index in [1.54, 1.807) is 0 Å². The lowest BCUT2D eigenvalue weighted by atomic mass is 9.76. The highest BCUT2D eigenvalue weighted by atomic mass is 32.2. The van der Waals surface area contributed by atoms with E-state index >= 15 is 0 Å². The van der Waals surface area contributed by atoms with Crippen molar-refractivity contribution in [2.75, 3.05) is 29.5 Å². The lowest BCUT2D eigenvalue weighted by molar-refractivity contribution is -0.145. The first-order chi connectivity index (χ1) is 20.5. The zero-order chi connectivity index (χ0) is 30.4. The van der Waals surface area contributed by atoms with Crippen molar-refractivity contribution in [1.29, 1.82) is 5.26 Å². The number of anilines is 1. The summed E-state index contributed by atoms with van der Waals surface area (Å²) in [6, 6.07) is 9.91. The van der Waals surface area contributed by atoms with Gasteiger partial charge in [0, 0.05) is 48.6 Å². The Bertz CT molecular complexity index is 1650. The maximum absolute atomic E-state index is 13.5. The molecule has 3 fully saturated rings. The summed E-state index contributed by atoms with van der Waals surface area (Å²) in [6.07, 6.45) is 1.93. The minimum Gasteiger partial charge on any atom is -0.369 e. The van der Waals surface area contributed by atoms with Crippen LogP contribution < -0.4 is 10.2 Å². The number of hydrogen-bond donors (Lipinski definition) is 1. The number of nitrogens with one attached hydrogen (secondary N) is 1. The van der Waals surface area contributed by atoms with Gasteiger partial charge in [0.25, 0.3) is 0 Å². The highest BCUT2D eigenvalue weighted by molar-refractivity contribution is 7.91. The Balaban J connectivity index is 1.35. The second-order valence-electron chi connectivity index (χ2n) is 11.4. The van der Waals surface area contributed by atoms with Gasteiger partial charge in [-0.2, -0.15) is 18.4 Å². The van der Waals surface area contributed by atoms with Crippen molar-refractivity contribution in [3.63, 3.8) is 0 Å². The van der Waals surface area contributed by atoms with Crippen molar-refractivity contribution in [2.45, 2.75) is 56.2 Å². The molecule has 2 aromatic heterocycles. The van der Waals surface area contributed by atoms with Crippen molar-refractivity contribution in [1.82, 2.24) is 20.3 Å². The molecule has 2 saturated carbocycles. The van der Waals surface area contributed by atoms with Gasteiger partial charge in [-0.05, 0) is 43.4 Å². The van der Waals surface area contributed by atoms with Crippen LogP contribution in [0.25, 0.3) is 21.0 Å². The zero-order valence-electron chi connectivity index (χ0n) is 23.1. The van der Waals surface area contributed by atoms with Gasteiger partial charge in [0.05, 0.1) is 28.1 Å². The third-order valence-electron chi connectivity index (χ3n) is 8.43. The SMILES string of the molecule is N#CC1(NC(=O)C2CCCCC2c2nc(-c3cnc(C(F)(F)F)nc3)sc2-c2ccc(N3CCS(=O)(=O)CC3)cc2)CC1. The lowest BCUT2D eigenvalue weighted by Gasteiger charge is -2.31. The highest BCUT2D eigenvalue weighted by Gasteiger charge is 2.47. The molecule has 14 heteroatoms. The summed E-state index contributed by atoms with van der Waals surface area (Å²) in [5, 5.41) is 12.9. The highest BCUT2D eigenvalue weighted by Crippen LogP contribution is 2.46. The summed E-state index contributed by atoms with van der Waals surface area (Å²) in [5.41, 5.74) is 1.96. The van der Waals surface area contributed by atoms with Crippen molar-refractivity contribution in [3.8, 4) is 27.1 Å². The molecule has 1 N–H and O–H groups in total. The van der Waals surface area contributed by atoms with Crippen LogP contribution in [0.3, 0.4) is 0 Å². The van der Waals surface area contributed by atoms with Gasteiger partial charge in [0.1, 0.15) is 10.5 Å². The number of halogens is 3. The summed E-state index contributed by atoms with van der Waals surface area (Å²) in [7, 11) is -3.02. The molecule has 1 amide bonds. The number of benzene rings is 1. The first kappa shape index (κ1) is 29.5. The molecule has 1 aromatic carbocycles. The molecule has 6 rings (SSSR count). The van der Waals surface area contributed by atoms with E-state index in [9.17, 15) is 31.6 Å². The van der Waals surface area contributed by atoms with Gasteiger partial charge < -0.3 is 10.2 Å². The molecule has 2 unspecified atom stereocenters. The molecule has 226 valence electrons. The van der Waals surface area contributed by atoms with Gasteiger partial charge in [-0.1, -0.05) is 25.0 Å². The Labute approximate surface area is 251 Å². The average molecular weight is 631 g/mol. The first-order valence-corrected chi connectivity index (χ1v) is 16.8. The fraction of sp³-hybridized carbons (Fsp3) is 0.483. The Morgan fingerprint density at radius 2 is 1.70 bits per heavy atom. The molecule has 0 spiro atoms. The maximum atomic E-state index is 13.5. The van der Waals surface area contributed by atoms with Crippen LogP contribution >= 0.6 is 11.3 Å². The molecule has 9 nitrogen and oxygen atoms in total. The van der Waals surface area contributed by atoms with Gasteiger partial charge in [0.15, 0.2) is 9.84 Å². The molecule has 2 aliphatic carbocycles. The summed E-state index contributed by atoms with van der Waals surface area (Å²) >= 11 is 1.31. The van der Waals surface area contributed by atoms with Gasteiger partial charge in [0.2, 0.25) is 11.7 Å². The Hall–Kier alpha value is -3.57. The Morgan fingerprint density at radius 1 is 1.05 bits per heavy atom. The number of nitriles is 1. The second kappa shape index (κ2) is 11.2. The van der Waals surface area contributed by atoms with Crippen LogP contribution in [0.1, 0.15) is 56.0 Å². The lowest BCUT2D eigenvalue weighted by Crippen LogP contribution is -2.42. The normalized spacial score (nSPS) is 22.9. The van der Waals surface area contributed by atoms with Crippen LogP contribution in [0, 0.1) is 17.2 Å². The van der Waals surface area contributed by atoms with Crippen LogP contribution in [0.2, 0.25) is 0 Å². The van der Waals surface area contributed by atoms with Gasteiger partial charge >= 0.3 is 6.18 Å². The summed E-state index contributed by atoms with van der Waals surface area (Å²) < 4.78 is 63.0. The maximum Gasteiger partial charge on any atom is 0.451 e. The topological polar surface area (TPSA) is 129 Å². The third kappa shape index (κ3) is 6.24. The number of sulfone groups is 1. The van der Waals surface area contributed by atoms with Gasteiger partial charge in [-0.25, -0.2) is 23.4 Å². The first-order valence-electron chi connectivity index (χ1n) is 14.2. The van der Waals surface area contributed by atoms with E-state index in [-0.39, 0.29) is 23.3 Å². The van der Waals surface area contributed by atoms with Crippen LogP contribution in [0.4, 0.5) is 18.9 Å². The van der Waals surface area contributed by atoms with E-state index in [0.29, 0.717) is 55.0 Å². The Morgan fingerprint density at radius 3 is 2.30 bits per heavy atom. The van der Waals surface area contributed by atoms with Crippen molar-refractivity contribution < 1.29 is 26.4 Å². The van der Waals surface area contributed by atoms with Crippen molar-refractivity contribution >= 4 is 32.8 Å². The molecular formula is C29H29F3N6O3S2. The molecule has 0 radical (unpaired) electrons. The number of aromatic nitrogens is 3. The van der Waals surface area contributed by atoms with Gasteiger partial charge in [-0.15, -0.1) is 11.3 Å². The summed E-state index contributed by atoms with van der Waals surface area (Å²) in [5.74, 6) is -1.84. The number of carbonyl (C=O) groups is 1. The molecule has 3 aromatic rings. The van der Waals surface area contributed by atoms with E-state index in [1.807, 2.05) is 29.2 Å². The van der Waals surface area contributed by atoms with Crippen LogP contribution in [-0.2, 0) is 20.8 Å². The van der Waals surface area contributed by atoms with Crippen molar-refractivity contribution in [2.24, 2.45) is 5.92 Å². The number of amides is 1. The summed E-state index contributed by atoms with van der Waals surface area (Å²) in [6.45, 7) is 0.823. The zero-order valence-corrected chi connectivity index (χ0v) is 24.7. The molecule has 1 saturated heterocycles. The average Bonchev–Trinajstić information content (AvgIpc) is 3.63. The summed E-state index contributed by atoms with van der Waals surface area (Å²) in [4.78, 5) is 28.2. The number of thiazole rings is 1. The predicted molar refractivity (Wildman–Crippen MR) is 155 cm³/mol. The van der Waals surface area contributed by atoms with E-state index < -0.39 is 33.3 Å². The molecule has 43 heavy (non-hydrogen) atoms. The molecule has 3 aliphatic rings. The van der Waals surface area contributed by atoms with Crippen LogP contribution in [0.15, 0.2) is 36.7 Å². The quantitative estimate of drug-likeness (QED) is 0.405. The monoisotopic (exact) mass is 630 g/mol. The van der Waals surface area contributed by atoms with E-state index in [0.717, 1.165) is 41.4 Å². The van der Waals surface area contributed by atoms with Crippen LogP contribution in [0.5, 0.6) is 0 Å². The van der Waals surface area contributed by atoms with Crippen LogP contribution in [-0.4, -0.2) is 59.4 Å². The number of alkyl halides is 3. The van der Waals surface area contributed by atoms with E-state index in [1.165, 1.54) is 11.3 Å². The molecule has 1 aliphatic heterocycles. The second-order valence-corrected chi connectivity index (χ2v) is 14.7. The molecular weight excluding hydrogens is 601 g/mol. The minimum absolute atomic E-state index is 0.102. The molecule has 3 heterocycles. The largest absolute Gasteiger partial charge is 0.451 e. The fourth-order valence-corrected chi connectivity index (χ4v) is 8.10. The standard InChI is InChI=1S/C29H29F3N6O3S2/c30-29(31,32)27-34-15-19(16-35-27)26-36-23(21-3-1-2-4-22(21)25(39)37-28(17-33)9-10-28)24(42-26)18-5-7-20(8-6-18)38-11-13-43(40,41)14-12-38/h5-8,15-16,21-22H,1-4,9-14H2,(H,37,39). The molecule has 0 bridgehead atoms. The van der Waals surface area contributed by atoms with E-state index in [2.05, 4.69) is 21.4 Å². The van der Waals surface area contributed by atoms with Gasteiger partial charge in [-0.3, -0.25) is 4.79 Å². The smallest absolute Gasteiger partial charge is 0.369 e. The Kier molecular flexibility index (Phi) is 7.66. The number of hydrogen-bond acceptors (Lipinski definition) is 9. The number of nitrogens with zero attached hydrogens (tertiary/aromatic N) is 5. The third-order valence-corrected chi connectivity index (χ3v) is 11.2. The van der Waals surface area contributed by atoms with Crippen molar-refractivity contribution in [3.05, 3.63) is 48.2 Å². The predicted octanol–water partition coefficient (Wildman–Crippen LogP) is 4.97. The number of rotatable bonds is 6. The fourth-order valence-electron chi connectivity index (χ4n) is 5.78.